The molecular formula is C12H17N3S. The van der Waals surface area contributed by atoms with E-state index in [1.807, 2.05) is 11.8 Å². The number of anilines is 1. The average molecular weight is 235 g/mol. The van der Waals surface area contributed by atoms with E-state index in [-0.39, 0.29) is 0 Å². The number of nitrogens with zero attached hydrogens (tertiary/aromatic N) is 2. The lowest BCUT2D eigenvalue weighted by atomic mass is 10.2. The van der Waals surface area contributed by atoms with Crippen LogP contribution in [0.5, 0.6) is 0 Å². The minimum Gasteiger partial charge on any atom is -0.369 e. The highest BCUT2D eigenvalue weighted by molar-refractivity contribution is 7.99. The van der Waals surface area contributed by atoms with Crippen LogP contribution in [0.2, 0.25) is 0 Å². The quantitative estimate of drug-likeness (QED) is 0.889. The van der Waals surface area contributed by atoms with Crippen LogP contribution >= 0.6 is 11.8 Å². The number of benzene rings is 1. The Kier molecular flexibility index (Phi) is 3.10. The minimum absolute atomic E-state index is 0.542. The highest BCUT2D eigenvalue weighted by Gasteiger charge is 2.11. The highest BCUT2D eigenvalue weighted by Crippen LogP contribution is 2.22. The van der Waals surface area contributed by atoms with E-state index in [9.17, 15) is 0 Å². The number of nitrogens with two attached hydrogens (primary N) is 1. The van der Waals surface area contributed by atoms with Gasteiger partial charge in [0.1, 0.15) is 0 Å². The van der Waals surface area contributed by atoms with E-state index in [4.69, 9.17) is 5.73 Å². The van der Waals surface area contributed by atoms with Crippen molar-refractivity contribution in [1.29, 1.82) is 0 Å². The van der Waals surface area contributed by atoms with Crippen LogP contribution < -0.4 is 5.73 Å². The molecular weight excluding hydrogens is 218 g/mol. The third kappa shape index (κ3) is 1.89. The van der Waals surface area contributed by atoms with E-state index in [0.717, 1.165) is 17.6 Å². The van der Waals surface area contributed by atoms with Gasteiger partial charge < -0.3 is 10.3 Å². The van der Waals surface area contributed by atoms with Crippen molar-refractivity contribution in [3.8, 4) is 0 Å². The molecule has 4 heteroatoms. The van der Waals surface area contributed by atoms with Crippen molar-refractivity contribution >= 4 is 28.7 Å². The Labute approximate surface area is 100 Å². The van der Waals surface area contributed by atoms with Crippen molar-refractivity contribution in [3.05, 3.63) is 23.8 Å². The number of imidazole rings is 1. The lowest BCUT2D eigenvalue weighted by Gasteiger charge is -2.11. The van der Waals surface area contributed by atoms with E-state index < -0.39 is 0 Å². The van der Waals surface area contributed by atoms with Gasteiger partial charge in [-0.15, -0.1) is 0 Å². The predicted molar refractivity (Wildman–Crippen MR) is 71.9 cm³/mol. The number of hydrogen-bond donors (Lipinski definition) is 1. The van der Waals surface area contributed by atoms with Crippen molar-refractivity contribution in [2.45, 2.75) is 25.6 Å². The summed E-state index contributed by atoms with van der Waals surface area (Å²) in [6.45, 7) is 5.18. The Hall–Kier alpha value is -1.16. The van der Waals surface area contributed by atoms with Gasteiger partial charge in [0, 0.05) is 11.8 Å². The first kappa shape index (κ1) is 11.3. The molecule has 0 spiro atoms. The van der Waals surface area contributed by atoms with Crippen molar-refractivity contribution in [2.75, 3.05) is 12.0 Å². The lowest BCUT2D eigenvalue weighted by Crippen LogP contribution is -2.11. The molecule has 0 aliphatic carbocycles. The van der Waals surface area contributed by atoms with Crippen molar-refractivity contribution in [1.82, 2.24) is 9.55 Å². The van der Waals surface area contributed by atoms with Gasteiger partial charge in [0.2, 0.25) is 5.95 Å². The fourth-order valence-corrected chi connectivity index (χ4v) is 2.13. The molecule has 2 rings (SSSR count). The Morgan fingerprint density at radius 2 is 2.25 bits per heavy atom. The molecule has 3 nitrogen and oxygen atoms in total. The molecule has 2 aromatic rings. The molecule has 0 bridgehead atoms. The van der Waals surface area contributed by atoms with Crippen molar-refractivity contribution in [2.24, 2.45) is 0 Å². The SMILES string of the molecule is CSC(C)Cn1c(N)nc2c(C)cccc21. The standard InChI is InChI=1S/C12H17N3S/c1-8-5-4-6-10-11(8)14-12(13)15(10)7-9(2)16-3/h4-6,9H,7H2,1-3H3,(H2,13,14). The molecule has 0 aliphatic rings. The Bertz CT molecular complexity index is 504. The molecule has 1 atom stereocenters. The molecule has 1 heterocycles. The summed E-state index contributed by atoms with van der Waals surface area (Å²) in [5, 5.41) is 0.542. The van der Waals surface area contributed by atoms with Gasteiger partial charge in [-0.2, -0.15) is 11.8 Å². The summed E-state index contributed by atoms with van der Waals surface area (Å²) < 4.78 is 2.10. The number of para-hydroxylation sites is 1. The summed E-state index contributed by atoms with van der Waals surface area (Å²) in [6.07, 6.45) is 2.12. The van der Waals surface area contributed by atoms with E-state index in [1.54, 1.807) is 0 Å². The van der Waals surface area contributed by atoms with Gasteiger partial charge in [0.25, 0.3) is 0 Å². The van der Waals surface area contributed by atoms with Gasteiger partial charge in [-0.3, -0.25) is 0 Å². The van der Waals surface area contributed by atoms with Crippen LogP contribution in [0.15, 0.2) is 18.2 Å². The zero-order valence-electron chi connectivity index (χ0n) is 9.90. The van der Waals surface area contributed by atoms with Crippen LogP contribution in [0.1, 0.15) is 12.5 Å². The molecule has 1 aromatic carbocycles. The number of hydrogen-bond acceptors (Lipinski definition) is 3. The Morgan fingerprint density at radius 3 is 2.94 bits per heavy atom. The molecule has 0 saturated carbocycles. The number of nitrogen functional groups attached to an aromatic ring is 1. The van der Waals surface area contributed by atoms with E-state index in [1.165, 1.54) is 5.56 Å². The maximum absolute atomic E-state index is 5.97. The van der Waals surface area contributed by atoms with Crippen molar-refractivity contribution < 1.29 is 0 Å². The van der Waals surface area contributed by atoms with E-state index in [0.29, 0.717) is 11.2 Å². The number of fused-ring (bicyclic) bond motifs is 1. The molecule has 0 saturated heterocycles. The summed E-state index contributed by atoms with van der Waals surface area (Å²) in [5.74, 6) is 0.616. The second-order valence-electron chi connectivity index (χ2n) is 4.07. The third-order valence-electron chi connectivity index (χ3n) is 2.85. The van der Waals surface area contributed by atoms with Crippen LogP contribution in [0.25, 0.3) is 11.0 Å². The predicted octanol–water partition coefficient (Wildman–Crippen LogP) is 2.68. The van der Waals surface area contributed by atoms with Crippen LogP contribution in [0, 0.1) is 6.92 Å². The van der Waals surface area contributed by atoms with Crippen molar-refractivity contribution in [3.63, 3.8) is 0 Å². The fourth-order valence-electron chi connectivity index (χ4n) is 1.83. The third-order valence-corrected chi connectivity index (χ3v) is 3.81. The molecule has 0 fully saturated rings. The topological polar surface area (TPSA) is 43.8 Å². The number of rotatable bonds is 3. The molecule has 2 N–H and O–H groups in total. The normalized spacial score (nSPS) is 13.2. The van der Waals surface area contributed by atoms with Crippen LogP contribution in [-0.2, 0) is 6.54 Å². The van der Waals surface area contributed by atoms with Crippen LogP contribution in [0.4, 0.5) is 5.95 Å². The van der Waals surface area contributed by atoms with Gasteiger partial charge in [0.15, 0.2) is 0 Å². The Morgan fingerprint density at radius 1 is 1.50 bits per heavy atom. The maximum atomic E-state index is 5.97. The van der Waals surface area contributed by atoms with Gasteiger partial charge >= 0.3 is 0 Å². The first-order valence-electron chi connectivity index (χ1n) is 5.37. The summed E-state index contributed by atoms with van der Waals surface area (Å²) in [4.78, 5) is 4.43. The zero-order chi connectivity index (χ0) is 11.7. The van der Waals surface area contributed by atoms with E-state index >= 15 is 0 Å². The van der Waals surface area contributed by atoms with Crippen LogP contribution in [-0.4, -0.2) is 21.1 Å². The number of aromatic nitrogens is 2. The molecule has 1 aromatic heterocycles. The zero-order valence-corrected chi connectivity index (χ0v) is 10.7. The largest absolute Gasteiger partial charge is 0.369 e. The van der Waals surface area contributed by atoms with E-state index in [2.05, 4.69) is 47.9 Å². The maximum Gasteiger partial charge on any atom is 0.201 e. The van der Waals surface area contributed by atoms with Crippen LogP contribution in [0.3, 0.4) is 0 Å². The summed E-state index contributed by atoms with van der Waals surface area (Å²) in [6, 6.07) is 6.20. The van der Waals surface area contributed by atoms with Gasteiger partial charge in [-0.1, -0.05) is 19.1 Å². The molecule has 1 unspecified atom stereocenters. The minimum atomic E-state index is 0.542. The molecule has 0 radical (unpaired) electrons. The first-order chi connectivity index (χ1) is 7.63. The second kappa shape index (κ2) is 4.37. The second-order valence-corrected chi connectivity index (χ2v) is 5.35. The summed E-state index contributed by atoms with van der Waals surface area (Å²) >= 11 is 1.84. The summed E-state index contributed by atoms with van der Waals surface area (Å²) in [7, 11) is 0. The summed E-state index contributed by atoms with van der Waals surface area (Å²) in [5.41, 5.74) is 9.31. The van der Waals surface area contributed by atoms with Gasteiger partial charge in [-0.05, 0) is 24.8 Å². The number of thioether (sulfide) groups is 1. The molecule has 16 heavy (non-hydrogen) atoms. The Balaban J connectivity index is 2.52. The molecule has 86 valence electrons. The average Bonchev–Trinajstić information content (AvgIpc) is 2.58. The first-order valence-corrected chi connectivity index (χ1v) is 6.66. The highest BCUT2D eigenvalue weighted by atomic mass is 32.2. The molecule has 0 aliphatic heterocycles. The van der Waals surface area contributed by atoms with Gasteiger partial charge in [-0.25, -0.2) is 4.98 Å². The lowest BCUT2D eigenvalue weighted by molar-refractivity contribution is 0.721. The fraction of sp³-hybridized carbons (Fsp3) is 0.417. The number of aryl methyl sites for hydroxylation is 1. The van der Waals surface area contributed by atoms with Gasteiger partial charge in [0.05, 0.1) is 11.0 Å². The monoisotopic (exact) mass is 235 g/mol. The molecule has 0 amide bonds. The smallest absolute Gasteiger partial charge is 0.201 e.